The van der Waals surface area contributed by atoms with E-state index in [2.05, 4.69) is 22.1 Å². The first-order valence-corrected chi connectivity index (χ1v) is 5.53. The molecule has 1 unspecified atom stereocenters. The van der Waals surface area contributed by atoms with Gasteiger partial charge in [0.1, 0.15) is 12.3 Å². The van der Waals surface area contributed by atoms with Crippen LogP contribution in [-0.4, -0.2) is 42.4 Å². The van der Waals surface area contributed by atoms with Gasteiger partial charge in [0.2, 0.25) is 0 Å². The van der Waals surface area contributed by atoms with Crippen molar-refractivity contribution in [3.8, 4) is 11.8 Å². The van der Waals surface area contributed by atoms with Gasteiger partial charge in [0.25, 0.3) is 5.91 Å². The monoisotopic (exact) mass is 248 g/mol. The third-order valence-corrected chi connectivity index (χ3v) is 2.12. The van der Waals surface area contributed by atoms with E-state index in [9.17, 15) is 4.79 Å². The number of hydrogen-bond acceptors (Lipinski definition) is 4. The molecule has 0 radical (unpaired) electrons. The summed E-state index contributed by atoms with van der Waals surface area (Å²) in [5, 5.41) is 11.4. The van der Waals surface area contributed by atoms with E-state index in [0.29, 0.717) is 12.2 Å². The second kappa shape index (κ2) is 7.43. The highest BCUT2D eigenvalue weighted by Gasteiger charge is 2.13. The Morgan fingerprint density at radius 1 is 1.67 bits per heavy atom. The zero-order valence-corrected chi connectivity index (χ0v) is 10.4. The molecule has 0 saturated heterocycles. The van der Waals surface area contributed by atoms with E-state index < -0.39 is 0 Å². The summed E-state index contributed by atoms with van der Waals surface area (Å²) in [5.74, 6) is 4.89. The normalized spacial score (nSPS) is 11.3. The van der Waals surface area contributed by atoms with Gasteiger partial charge in [-0.3, -0.25) is 4.79 Å². The quantitative estimate of drug-likeness (QED) is 0.746. The molecule has 0 spiro atoms. The molecular weight excluding hydrogens is 232 g/mol. The van der Waals surface area contributed by atoms with Gasteiger partial charge in [0, 0.05) is 19.3 Å². The molecule has 1 aromatic rings. The molecule has 0 saturated carbocycles. The van der Waals surface area contributed by atoms with Crippen molar-refractivity contribution < 1.29 is 14.6 Å². The van der Waals surface area contributed by atoms with Crippen LogP contribution in [0.3, 0.4) is 0 Å². The third kappa shape index (κ3) is 4.17. The van der Waals surface area contributed by atoms with Gasteiger partial charge < -0.3 is 15.2 Å². The Kier molecular flexibility index (Phi) is 5.85. The van der Waals surface area contributed by atoms with Gasteiger partial charge in [0.05, 0.1) is 12.2 Å². The molecule has 1 atom stereocenters. The predicted octanol–water partition coefficient (Wildman–Crippen LogP) is 0.190. The molecular formula is C13H16N2O3. The van der Waals surface area contributed by atoms with Gasteiger partial charge in [-0.15, -0.1) is 0 Å². The Hall–Kier alpha value is -1.90. The number of rotatable bonds is 4. The average Bonchev–Trinajstić information content (AvgIpc) is 2.36. The average molecular weight is 248 g/mol. The zero-order valence-electron chi connectivity index (χ0n) is 10.4. The summed E-state index contributed by atoms with van der Waals surface area (Å²) in [4.78, 5) is 16.0. The lowest BCUT2D eigenvalue weighted by Gasteiger charge is -2.12. The highest BCUT2D eigenvalue weighted by Crippen LogP contribution is 2.04. The maximum Gasteiger partial charge on any atom is 0.271 e. The zero-order chi connectivity index (χ0) is 13.4. The molecule has 0 aliphatic carbocycles. The SMILES string of the molecule is COCC(C)NC(=O)c1ncccc1C#CCO. The number of carbonyl (C=O) groups excluding carboxylic acids is 1. The van der Waals surface area contributed by atoms with Gasteiger partial charge in [-0.05, 0) is 19.1 Å². The van der Waals surface area contributed by atoms with E-state index in [4.69, 9.17) is 9.84 Å². The van der Waals surface area contributed by atoms with Crippen molar-refractivity contribution in [1.29, 1.82) is 0 Å². The van der Waals surface area contributed by atoms with E-state index in [0.717, 1.165) is 0 Å². The first kappa shape index (κ1) is 14.2. The summed E-state index contributed by atoms with van der Waals surface area (Å²) in [5.41, 5.74) is 0.745. The van der Waals surface area contributed by atoms with Crippen molar-refractivity contribution in [2.75, 3.05) is 20.3 Å². The minimum absolute atomic E-state index is 0.108. The fourth-order valence-electron chi connectivity index (χ4n) is 1.41. The second-order valence-electron chi connectivity index (χ2n) is 3.69. The van der Waals surface area contributed by atoms with Crippen LogP contribution in [0.15, 0.2) is 18.3 Å². The summed E-state index contributed by atoms with van der Waals surface area (Å²) in [7, 11) is 1.57. The molecule has 96 valence electrons. The molecule has 1 rings (SSSR count). The summed E-state index contributed by atoms with van der Waals surface area (Å²) in [6.07, 6.45) is 1.53. The highest BCUT2D eigenvalue weighted by molar-refractivity contribution is 5.94. The number of nitrogens with zero attached hydrogens (tertiary/aromatic N) is 1. The standard InChI is InChI=1S/C13H16N2O3/c1-10(9-18-2)15-13(17)12-11(6-4-8-16)5-3-7-14-12/h3,5,7,10,16H,8-9H2,1-2H3,(H,15,17). The summed E-state index contributed by atoms with van der Waals surface area (Å²) >= 11 is 0. The molecule has 0 aliphatic heterocycles. The van der Waals surface area contributed by atoms with E-state index in [1.54, 1.807) is 19.2 Å². The topological polar surface area (TPSA) is 71.5 Å². The number of amides is 1. The van der Waals surface area contributed by atoms with E-state index >= 15 is 0 Å². The van der Waals surface area contributed by atoms with Gasteiger partial charge >= 0.3 is 0 Å². The molecule has 1 aromatic heterocycles. The lowest BCUT2D eigenvalue weighted by Crippen LogP contribution is -2.36. The first-order valence-electron chi connectivity index (χ1n) is 5.53. The fourth-order valence-corrected chi connectivity index (χ4v) is 1.41. The van der Waals surface area contributed by atoms with Gasteiger partial charge in [-0.25, -0.2) is 4.98 Å². The number of aliphatic hydroxyl groups is 1. The van der Waals surface area contributed by atoms with Crippen LogP contribution in [0.1, 0.15) is 23.0 Å². The third-order valence-electron chi connectivity index (χ3n) is 2.12. The number of pyridine rings is 1. The van der Waals surface area contributed by atoms with Crippen molar-refractivity contribution >= 4 is 5.91 Å². The van der Waals surface area contributed by atoms with Crippen LogP contribution < -0.4 is 5.32 Å². The Morgan fingerprint density at radius 3 is 3.11 bits per heavy atom. The predicted molar refractivity (Wildman–Crippen MR) is 67.0 cm³/mol. The summed E-state index contributed by atoms with van der Waals surface area (Å²) in [6.45, 7) is 2.01. The fraction of sp³-hybridized carbons (Fsp3) is 0.385. The molecule has 1 amide bonds. The number of nitrogens with one attached hydrogen (secondary N) is 1. The number of methoxy groups -OCH3 is 1. The van der Waals surface area contributed by atoms with Gasteiger partial charge in [0.15, 0.2) is 0 Å². The van der Waals surface area contributed by atoms with Crippen molar-refractivity contribution in [2.24, 2.45) is 0 Å². The lowest BCUT2D eigenvalue weighted by atomic mass is 10.2. The van der Waals surface area contributed by atoms with Crippen LogP contribution in [0.25, 0.3) is 0 Å². The lowest BCUT2D eigenvalue weighted by molar-refractivity contribution is 0.0900. The van der Waals surface area contributed by atoms with Crippen molar-refractivity contribution in [2.45, 2.75) is 13.0 Å². The van der Waals surface area contributed by atoms with Gasteiger partial charge in [-0.1, -0.05) is 11.8 Å². The summed E-state index contributed by atoms with van der Waals surface area (Å²) in [6, 6.07) is 3.27. The minimum atomic E-state index is -0.303. The maximum absolute atomic E-state index is 12.0. The molecule has 2 N–H and O–H groups in total. The molecule has 0 aromatic carbocycles. The number of aromatic nitrogens is 1. The molecule has 0 aliphatic rings. The van der Waals surface area contributed by atoms with Crippen molar-refractivity contribution in [3.05, 3.63) is 29.6 Å². The molecule has 1 heterocycles. The molecule has 5 nitrogen and oxygen atoms in total. The van der Waals surface area contributed by atoms with Crippen LogP contribution in [-0.2, 0) is 4.74 Å². The Labute approximate surface area is 106 Å². The van der Waals surface area contributed by atoms with Crippen molar-refractivity contribution in [3.63, 3.8) is 0 Å². The van der Waals surface area contributed by atoms with Crippen LogP contribution in [0.4, 0.5) is 0 Å². The Balaban J connectivity index is 2.85. The number of carbonyl (C=O) groups is 1. The highest BCUT2D eigenvalue weighted by atomic mass is 16.5. The largest absolute Gasteiger partial charge is 0.384 e. The number of hydrogen-bond donors (Lipinski definition) is 2. The van der Waals surface area contributed by atoms with Crippen LogP contribution in [0.5, 0.6) is 0 Å². The minimum Gasteiger partial charge on any atom is -0.384 e. The number of aliphatic hydroxyl groups excluding tert-OH is 1. The Morgan fingerprint density at radius 2 is 2.44 bits per heavy atom. The van der Waals surface area contributed by atoms with E-state index in [-0.39, 0.29) is 24.2 Å². The second-order valence-corrected chi connectivity index (χ2v) is 3.69. The molecule has 0 bridgehead atoms. The van der Waals surface area contributed by atoms with Gasteiger partial charge in [-0.2, -0.15) is 0 Å². The first-order chi connectivity index (χ1) is 8.69. The van der Waals surface area contributed by atoms with Crippen LogP contribution in [0.2, 0.25) is 0 Å². The van der Waals surface area contributed by atoms with E-state index in [1.165, 1.54) is 6.20 Å². The van der Waals surface area contributed by atoms with Crippen LogP contribution >= 0.6 is 0 Å². The smallest absolute Gasteiger partial charge is 0.271 e. The summed E-state index contributed by atoms with van der Waals surface area (Å²) < 4.78 is 4.94. The maximum atomic E-state index is 12.0. The van der Waals surface area contributed by atoms with Crippen LogP contribution in [0, 0.1) is 11.8 Å². The Bertz CT molecular complexity index is 463. The van der Waals surface area contributed by atoms with Crippen molar-refractivity contribution in [1.82, 2.24) is 10.3 Å². The molecule has 0 fully saturated rings. The van der Waals surface area contributed by atoms with E-state index in [1.807, 2.05) is 6.92 Å². The molecule has 18 heavy (non-hydrogen) atoms. The molecule has 5 heteroatoms. The number of ether oxygens (including phenoxy) is 1.